The highest BCUT2D eigenvalue weighted by Gasteiger charge is 2.24. The summed E-state index contributed by atoms with van der Waals surface area (Å²) in [5, 5.41) is 23.4. The molecule has 1 rings (SSSR count). The number of hydrogen-bond donors (Lipinski definition) is 3. The first-order chi connectivity index (χ1) is 11.3. The molecular formula is C18H23N3O3. The van der Waals surface area contributed by atoms with Crippen molar-refractivity contribution in [3.05, 3.63) is 47.2 Å². The van der Waals surface area contributed by atoms with Crippen LogP contribution in [-0.4, -0.2) is 29.6 Å². The Hall–Kier alpha value is -2.81. The number of nitrogens with one attached hydrogen (secondary N) is 2. The van der Waals surface area contributed by atoms with E-state index in [1.807, 2.05) is 25.1 Å². The molecule has 0 saturated carbocycles. The molecule has 3 N–H and O–H groups in total. The Kier molecular flexibility index (Phi) is 7.50. The molecule has 0 radical (unpaired) electrons. The van der Waals surface area contributed by atoms with E-state index in [-0.39, 0.29) is 11.5 Å². The van der Waals surface area contributed by atoms with Gasteiger partial charge in [0.05, 0.1) is 0 Å². The topological polar surface area (TPSA) is 102 Å². The molecule has 24 heavy (non-hydrogen) atoms. The normalized spacial score (nSPS) is 12.4. The minimum Gasteiger partial charge on any atom is -0.480 e. The standard InChI is InChI=1S/C18H23N3O3/c1-12(2)16(18(23)24)21-17(22)15(10-19)11-20-8-7-14-6-4-5-13(3)9-14/h4-6,9,11-12,16,20H,7-8H2,1-3H3,(H,21,22)(H,23,24)/b15-11-. The third kappa shape index (κ3) is 6.13. The van der Waals surface area contributed by atoms with E-state index < -0.39 is 17.9 Å². The first-order valence-electron chi connectivity index (χ1n) is 7.78. The molecule has 1 atom stereocenters. The fraction of sp³-hybridized carbons (Fsp3) is 0.389. The molecule has 0 heterocycles. The lowest BCUT2D eigenvalue weighted by atomic mass is 10.0. The fourth-order valence-electron chi connectivity index (χ4n) is 2.14. The van der Waals surface area contributed by atoms with E-state index in [9.17, 15) is 9.59 Å². The summed E-state index contributed by atoms with van der Waals surface area (Å²) in [4.78, 5) is 23.1. The number of amides is 1. The van der Waals surface area contributed by atoms with Gasteiger partial charge < -0.3 is 15.7 Å². The van der Waals surface area contributed by atoms with Crippen molar-refractivity contribution in [2.24, 2.45) is 5.92 Å². The molecule has 0 aliphatic heterocycles. The third-order valence-electron chi connectivity index (χ3n) is 3.47. The Morgan fingerprint density at radius 1 is 1.38 bits per heavy atom. The number of aryl methyl sites for hydroxylation is 1. The average molecular weight is 329 g/mol. The summed E-state index contributed by atoms with van der Waals surface area (Å²) in [6.07, 6.45) is 2.08. The lowest BCUT2D eigenvalue weighted by Crippen LogP contribution is -2.44. The number of benzene rings is 1. The van der Waals surface area contributed by atoms with Gasteiger partial charge in [0.2, 0.25) is 0 Å². The van der Waals surface area contributed by atoms with Crippen LogP contribution in [0.3, 0.4) is 0 Å². The summed E-state index contributed by atoms with van der Waals surface area (Å²) in [7, 11) is 0. The average Bonchev–Trinajstić information content (AvgIpc) is 2.52. The molecule has 1 amide bonds. The van der Waals surface area contributed by atoms with Gasteiger partial charge in [-0.25, -0.2) is 4.79 Å². The molecule has 1 aromatic rings. The van der Waals surface area contributed by atoms with Crippen molar-refractivity contribution in [2.75, 3.05) is 6.54 Å². The Morgan fingerprint density at radius 3 is 2.62 bits per heavy atom. The largest absolute Gasteiger partial charge is 0.480 e. The molecule has 128 valence electrons. The summed E-state index contributed by atoms with van der Waals surface area (Å²) in [5.74, 6) is -2.09. The van der Waals surface area contributed by atoms with Crippen molar-refractivity contribution in [1.29, 1.82) is 5.26 Å². The Bertz CT molecular complexity index is 660. The smallest absolute Gasteiger partial charge is 0.326 e. The Balaban J connectivity index is 2.58. The predicted octanol–water partition coefficient (Wildman–Crippen LogP) is 1.76. The molecule has 0 spiro atoms. The van der Waals surface area contributed by atoms with Gasteiger partial charge in [-0.05, 0) is 24.8 Å². The van der Waals surface area contributed by atoms with Gasteiger partial charge >= 0.3 is 5.97 Å². The molecule has 0 aromatic heterocycles. The number of hydrogen-bond acceptors (Lipinski definition) is 4. The van der Waals surface area contributed by atoms with Crippen LogP contribution in [0, 0.1) is 24.2 Å². The first kappa shape index (κ1) is 19.2. The van der Waals surface area contributed by atoms with Crippen molar-refractivity contribution in [3.8, 4) is 6.07 Å². The van der Waals surface area contributed by atoms with Crippen LogP contribution in [0.4, 0.5) is 0 Å². The quantitative estimate of drug-likeness (QED) is 0.383. The van der Waals surface area contributed by atoms with Crippen LogP contribution < -0.4 is 10.6 Å². The molecule has 1 aromatic carbocycles. The van der Waals surface area contributed by atoms with Gasteiger partial charge in [-0.15, -0.1) is 0 Å². The summed E-state index contributed by atoms with van der Waals surface area (Å²) in [5.41, 5.74) is 2.18. The monoisotopic (exact) mass is 329 g/mol. The number of carboxylic acids is 1. The highest BCUT2D eigenvalue weighted by Crippen LogP contribution is 2.05. The van der Waals surface area contributed by atoms with E-state index in [1.54, 1.807) is 19.9 Å². The summed E-state index contributed by atoms with van der Waals surface area (Å²) in [6.45, 7) is 5.96. The van der Waals surface area contributed by atoms with Gasteiger partial charge in [-0.1, -0.05) is 43.7 Å². The van der Waals surface area contributed by atoms with Gasteiger partial charge in [0.1, 0.15) is 17.7 Å². The van der Waals surface area contributed by atoms with Crippen LogP contribution >= 0.6 is 0 Å². The number of nitriles is 1. The number of nitrogens with zero attached hydrogens (tertiary/aromatic N) is 1. The fourth-order valence-corrected chi connectivity index (χ4v) is 2.14. The lowest BCUT2D eigenvalue weighted by Gasteiger charge is -2.17. The van der Waals surface area contributed by atoms with Gasteiger partial charge in [0.15, 0.2) is 0 Å². The molecular weight excluding hydrogens is 306 g/mol. The number of carboxylic acid groups (broad SMARTS) is 1. The van der Waals surface area contributed by atoms with E-state index in [2.05, 4.69) is 16.7 Å². The zero-order valence-electron chi connectivity index (χ0n) is 14.2. The lowest BCUT2D eigenvalue weighted by molar-refractivity contribution is -0.142. The predicted molar refractivity (Wildman–Crippen MR) is 91.0 cm³/mol. The molecule has 6 nitrogen and oxygen atoms in total. The zero-order chi connectivity index (χ0) is 18.1. The molecule has 0 aliphatic rings. The number of rotatable bonds is 8. The molecule has 1 unspecified atom stereocenters. The minimum absolute atomic E-state index is 0.147. The highest BCUT2D eigenvalue weighted by molar-refractivity contribution is 5.99. The maximum atomic E-state index is 12.0. The van der Waals surface area contributed by atoms with Gasteiger partial charge in [-0.3, -0.25) is 4.79 Å². The maximum absolute atomic E-state index is 12.0. The van der Waals surface area contributed by atoms with E-state index in [0.717, 1.165) is 12.0 Å². The van der Waals surface area contributed by atoms with Crippen molar-refractivity contribution in [3.63, 3.8) is 0 Å². The SMILES string of the molecule is Cc1cccc(CCN/C=C(/C#N)C(=O)NC(C(=O)O)C(C)C)c1. The van der Waals surface area contributed by atoms with Crippen molar-refractivity contribution >= 4 is 11.9 Å². The Morgan fingerprint density at radius 2 is 2.08 bits per heavy atom. The third-order valence-corrected chi connectivity index (χ3v) is 3.47. The summed E-state index contributed by atoms with van der Waals surface area (Å²) >= 11 is 0. The highest BCUT2D eigenvalue weighted by atomic mass is 16.4. The van der Waals surface area contributed by atoms with Crippen LogP contribution in [0.15, 0.2) is 36.0 Å². The van der Waals surface area contributed by atoms with E-state index in [0.29, 0.717) is 6.54 Å². The molecule has 0 aliphatic carbocycles. The molecule has 0 bridgehead atoms. The van der Waals surface area contributed by atoms with Crippen molar-refractivity contribution < 1.29 is 14.7 Å². The van der Waals surface area contributed by atoms with Gasteiger partial charge in [0.25, 0.3) is 5.91 Å². The zero-order valence-corrected chi connectivity index (χ0v) is 14.2. The van der Waals surface area contributed by atoms with Gasteiger partial charge in [-0.2, -0.15) is 5.26 Å². The van der Waals surface area contributed by atoms with Crippen LogP contribution in [0.2, 0.25) is 0 Å². The van der Waals surface area contributed by atoms with Crippen LogP contribution in [0.1, 0.15) is 25.0 Å². The minimum atomic E-state index is -1.12. The van der Waals surface area contributed by atoms with Crippen molar-refractivity contribution in [1.82, 2.24) is 10.6 Å². The van der Waals surface area contributed by atoms with Crippen molar-refractivity contribution in [2.45, 2.75) is 33.2 Å². The second-order valence-corrected chi connectivity index (χ2v) is 5.90. The number of aliphatic carboxylic acids is 1. The van der Waals surface area contributed by atoms with E-state index >= 15 is 0 Å². The number of carbonyl (C=O) groups excluding carboxylic acids is 1. The number of carbonyl (C=O) groups is 2. The van der Waals surface area contributed by atoms with Gasteiger partial charge in [0, 0.05) is 12.7 Å². The summed E-state index contributed by atoms with van der Waals surface area (Å²) < 4.78 is 0. The molecule has 0 saturated heterocycles. The molecule has 6 heteroatoms. The maximum Gasteiger partial charge on any atom is 0.326 e. The second-order valence-electron chi connectivity index (χ2n) is 5.90. The van der Waals surface area contributed by atoms with E-state index in [1.165, 1.54) is 11.8 Å². The van der Waals surface area contributed by atoms with Crippen LogP contribution in [-0.2, 0) is 16.0 Å². The van der Waals surface area contributed by atoms with Crippen LogP contribution in [0.25, 0.3) is 0 Å². The first-order valence-corrected chi connectivity index (χ1v) is 7.78. The van der Waals surface area contributed by atoms with E-state index in [4.69, 9.17) is 10.4 Å². The molecule has 0 fully saturated rings. The second kappa shape index (κ2) is 9.36. The summed E-state index contributed by atoms with van der Waals surface area (Å²) in [6, 6.07) is 8.84. The van der Waals surface area contributed by atoms with Crippen LogP contribution in [0.5, 0.6) is 0 Å². The Labute approximate surface area is 142 Å².